The van der Waals surface area contributed by atoms with Crippen molar-refractivity contribution in [3.05, 3.63) is 33.8 Å². The first-order valence-electron chi connectivity index (χ1n) is 7.07. The number of amides is 2. The van der Waals surface area contributed by atoms with E-state index in [4.69, 9.17) is 28.3 Å². The van der Waals surface area contributed by atoms with Gasteiger partial charge in [-0.15, -0.1) is 0 Å². The lowest BCUT2D eigenvalue weighted by Gasteiger charge is -2.21. The normalized spacial score (nSPS) is 13.0. The maximum Gasteiger partial charge on any atom is 0.327 e. The molecule has 0 aliphatic heterocycles. The standard InChI is InChI=1S/C15H18Cl2N2O4S2/c1-24-6-11(14(21)19-12(7-25-2)15(22)23)18-13(20)9-5-8(16)3-4-10(9)17/h3-5,11-12H,6-7H2,1-2H3,(H,18,20)(H,19,21)(H,22,23)/t11-,12-/m1/s1. The van der Waals surface area contributed by atoms with Crippen molar-refractivity contribution in [2.75, 3.05) is 24.0 Å². The van der Waals surface area contributed by atoms with Crippen LogP contribution in [0.5, 0.6) is 0 Å². The van der Waals surface area contributed by atoms with Crippen molar-refractivity contribution in [1.29, 1.82) is 0 Å². The maximum atomic E-state index is 12.4. The number of benzene rings is 1. The zero-order chi connectivity index (χ0) is 19.0. The minimum Gasteiger partial charge on any atom is -0.480 e. The van der Waals surface area contributed by atoms with Crippen LogP contribution in [0.2, 0.25) is 10.0 Å². The third-order valence-corrected chi connectivity index (χ3v) is 4.97. The van der Waals surface area contributed by atoms with Crippen LogP contribution in [-0.2, 0) is 9.59 Å². The van der Waals surface area contributed by atoms with Gasteiger partial charge >= 0.3 is 5.97 Å². The van der Waals surface area contributed by atoms with Gasteiger partial charge in [0.05, 0.1) is 10.6 Å². The first-order chi connectivity index (χ1) is 11.8. The van der Waals surface area contributed by atoms with E-state index in [0.717, 1.165) is 0 Å². The number of carbonyl (C=O) groups is 3. The molecular formula is C15H18Cl2N2O4S2. The van der Waals surface area contributed by atoms with Crippen LogP contribution < -0.4 is 10.6 Å². The van der Waals surface area contributed by atoms with Gasteiger partial charge < -0.3 is 15.7 Å². The van der Waals surface area contributed by atoms with E-state index in [-0.39, 0.29) is 22.1 Å². The van der Waals surface area contributed by atoms with Crippen molar-refractivity contribution in [2.24, 2.45) is 0 Å². The van der Waals surface area contributed by atoms with Crippen LogP contribution in [0.3, 0.4) is 0 Å². The molecule has 1 rings (SSSR count). The van der Waals surface area contributed by atoms with E-state index in [1.807, 2.05) is 0 Å². The molecule has 1 aromatic rings. The number of carboxylic acids is 1. The quantitative estimate of drug-likeness (QED) is 0.563. The zero-order valence-electron chi connectivity index (χ0n) is 13.5. The molecule has 2 atom stereocenters. The fourth-order valence-electron chi connectivity index (χ4n) is 1.87. The van der Waals surface area contributed by atoms with E-state index in [1.54, 1.807) is 18.6 Å². The maximum absolute atomic E-state index is 12.4. The second-order valence-corrected chi connectivity index (χ2v) is 7.63. The lowest BCUT2D eigenvalue weighted by atomic mass is 10.2. The molecule has 3 N–H and O–H groups in total. The molecule has 0 heterocycles. The fourth-order valence-corrected chi connectivity index (χ4v) is 3.37. The molecule has 10 heteroatoms. The SMILES string of the molecule is CSC[C@@H](NC(=O)[C@@H](CSC)NC(=O)c1cc(Cl)ccc1Cl)C(=O)O. The molecule has 0 aromatic heterocycles. The van der Waals surface area contributed by atoms with Gasteiger partial charge in [0, 0.05) is 16.5 Å². The van der Waals surface area contributed by atoms with E-state index in [9.17, 15) is 14.4 Å². The Hall–Kier alpha value is -1.09. The van der Waals surface area contributed by atoms with Crippen LogP contribution in [-0.4, -0.2) is 59.0 Å². The number of halogens is 2. The third-order valence-electron chi connectivity index (χ3n) is 3.08. The molecule has 1 aromatic carbocycles. The van der Waals surface area contributed by atoms with Crippen molar-refractivity contribution in [1.82, 2.24) is 10.6 Å². The van der Waals surface area contributed by atoms with Gasteiger partial charge in [0.2, 0.25) is 5.91 Å². The molecule has 0 saturated carbocycles. The Labute approximate surface area is 164 Å². The summed E-state index contributed by atoms with van der Waals surface area (Å²) < 4.78 is 0. The van der Waals surface area contributed by atoms with Crippen LogP contribution in [0.25, 0.3) is 0 Å². The number of rotatable bonds is 9. The predicted octanol–water partition coefficient (Wildman–Crippen LogP) is 2.39. The Balaban J connectivity index is 2.88. The Morgan fingerprint density at radius 2 is 1.68 bits per heavy atom. The summed E-state index contributed by atoms with van der Waals surface area (Å²) >= 11 is 14.5. The van der Waals surface area contributed by atoms with E-state index in [0.29, 0.717) is 5.02 Å². The van der Waals surface area contributed by atoms with E-state index in [1.165, 1.54) is 35.7 Å². The monoisotopic (exact) mass is 424 g/mol. The van der Waals surface area contributed by atoms with E-state index >= 15 is 0 Å². The summed E-state index contributed by atoms with van der Waals surface area (Å²) in [6.45, 7) is 0. The van der Waals surface area contributed by atoms with E-state index < -0.39 is 29.9 Å². The lowest BCUT2D eigenvalue weighted by molar-refractivity contribution is -0.141. The zero-order valence-corrected chi connectivity index (χ0v) is 16.7. The summed E-state index contributed by atoms with van der Waals surface area (Å²) in [5.41, 5.74) is 0.145. The van der Waals surface area contributed by atoms with Crippen LogP contribution in [0.4, 0.5) is 0 Å². The molecule has 0 spiro atoms. The molecule has 2 amide bonds. The van der Waals surface area contributed by atoms with Gasteiger partial charge in [0.1, 0.15) is 12.1 Å². The van der Waals surface area contributed by atoms with Crippen LogP contribution >= 0.6 is 46.7 Å². The molecular weight excluding hydrogens is 407 g/mol. The summed E-state index contributed by atoms with van der Waals surface area (Å²) in [5, 5.41) is 14.7. The summed E-state index contributed by atoms with van der Waals surface area (Å²) in [6, 6.07) is 2.51. The first-order valence-corrected chi connectivity index (χ1v) is 10.6. The smallest absolute Gasteiger partial charge is 0.327 e. The topological polar surface area (TPSA) is 95.5 Å². The van der Waals surface area contributed by atoms with Gasteiger partial charge in [0.25, 0.3) is 5.91 Å². The van der Waals surface area contributed by atoms with Crippen molar-refractivity contribution >= 4 is 64.5 Å². The van der Waals surface area contributed by atoms with Crippen molar-refractivity contribution in [2.45, 2.75) is 12.1 Å². The average molecular weight is 425 g/mol. The highest BCUT2D eigenvalue weighted by Gasteiger charge is 2.26. The number of carbonyl (C=O) groups excluding carboxylic acids is 2. The molecule has 25 heavy (non-hydrogen) atoms. The highest BCUT2D eigenvalue weighted by Crippen LogP contribution is 2.20. The Bertz CT molecular complexity index is 646. The summed E-state index contributed by atoms with van der Waals surface area (Å²) in [4.78, 5) is 35.9. The number of thioether (sulfide) groups is 2. The number of nitrogens with one attached hydrogen (secondary N) is 2. The fraction of sp³-hybridized carbons (Fsp3) is 0.400. The summed E-state index contributed by atoms with van der Waals surface area (Å²) in [7, 11) is 0. The third kappa shape index (κ3) is 6.97. The molecule has 0 saturated heterocycles. The lowest BCUT2D eigenvalue weighted by Crippen LogP contribution is -2.53. The van der Waals surface area contributed by atoms with Crippen LogP contribution in [0.15, 0.2) is 18.2 Å². The van der Waals surface area contributed by atoms with Crippen molar-refractivity contribution in [3.8, 4) is 0 Å². The summed E-state index contributed by atoms with van der Waals surface area (Å²) in [5.74, 6) is -1.75. The molecule has 0 radical (unpaired) electrons. The predicted molar refractivity (Wildman–Crippen MR) is 104 cm³/mol. The van der Waals surface area contributed by atoms with Gasteiger partial charge in [0.15, 0.2) is 0 Å². The van der Waals surface area contributed by atoms with Gasteiger partial charge in [-0.3, -0.25) is 9.59 Å². The Morgan fingerprint density at radius 1 is 1.08 bits per heavy atom. The van der Waals surface area contributed by atoms with Gasteiger partial charge in [-0.05, 0) is 30.7 Å². The number of aliphatic carboxylic acids is 1. The average Bonchev–Trinajstić information content (AvgIpc) is 2.55. The Kier molecular flexibility index (Phi) is 9.48. The second kappa shape index (κ2) is 10.8. The molecule has 138 valence electrons. The van der Waals surface area contributed by atoms with Gasteiger partial charge in [-0.2, -0.15) is 23.5 Å². The minimum atomic E-state index is -1.13. The number of hydrogen-bond donors (Lipinski definition) is 3. The molecule has 6 nitrogen and oxygen atoms in total. The second-order valence-electron chi connectivity index (χ2n) is 4.96. The molecule has 0 aliphatic carbocycles. The van der Waals surface area contributed by atoms with Gasteiger partial charge in [-0.1, -0.05) is 23.2 Å². The van der Waals surface area contributed by atoms with E-state index in [2.05, 4.69) is 10.6 Å². The number of hydrogen-bond acceptors (Lipinski definition) is 5. The van der Waals surface area contributed by atoms with Crippen LogP contribution in [0, 0.1) is 0 Å². The number of carboxylic acid groups (broad SMARTS) is 1. The molecule has 0 bridgehead atoms. The Morgan fingerprint density at radius 3 is 2.24 bits per heavy atom. The van der Waals surface area contributed by atoms with Crippen molar-refractivity contribution in [3.63, 3.8) is 0 Å². The summed E-state index contributed by atoms with van der Waals surface area (Å²) in [6.07, 6.45) is 3.51. The minimum absolute atomic E-state index is 0.145. The largest absolute Gasteiger partial charge is 0.480 e. The molecule has 0 aliphatic rings. The molecule has 0 unspecified atom stereocenters. The highest BCUT2D eigenvalue weighted by molar-refractivity contribution is 7.98. The first kappa shape index (κ1) is 22.0. The molecule has 0 fully saturated rings. The highest BCUT2D eigenvalue weighted by atomic mass is 35.5. The van der Waals surface area contributed by atoms with Crippen LogP contribution in [0.1, 0.15) is 10.4 Å². The van der Waals surface area contributed by atoms with Gasteiger partial charge in [-0.25, -0.2) is 4.79 Å². The van der Waals surface area contributed by atoms with Crippen molar-refractivity contribution < 1.29 is 19.5 Å².